The quantitative estimate of drug-likeness (QED) is 0.463. The molecule has 0 radical (unpaired) electrons. The van der Waals surface area contributed by atoms with E-state index in [1.165, 1.54) is 17.6 Å². The molecular weight excluding hydrogens is 418 g/mol. The number of benzene rings is 2. The Balaban J connectivity index is 1.86. The van der Waals surface area contributed by atoms with Crippen molar-refractivity contribution in [2.75, 3.05) is 37.4 Å². The fourth-order valence-corrected chi connectivity index (χ4v) is 3.44. The number of hydrogen-bond acceptors (Lipinski definition) is 6. The highest BCUT2D eigenvalue weighted by atomic mass is 32.2. The zero-order valence-corrected chi connectivity index (χ0v) is 19.4. The first kappa shape index (κ1) is 24.7. The molecule has 0 N–H and O–H groups in total. The second-order valence-corrected chi connectivity index (χ2v) is 9.05. The molecule has 2 rings (SSSR count). The third-order valence-electron chi connectivity index (χ3n) is 4.72. The van der Waals surface area contributed by atoms with Gasteiger partial charge in [-0.15, -0.1) is 0 Å². The minimum absolute atomic E-state index is 0.326. The van der Waals surface area contributed by atoms with Crippen LogP contribution in [0.5, 0.6) is 5.75 Å². The number of ether oxygens (including phenoxy) is 3. The van der Waals surface area contributed by atoms with Crippen LogP contribution in [0.1, 0.15) is 25.0 Å². The molecule has 0 aliphatic carbocycles. The van der Waals surface area contributed by atoms with Crippen molar-refractivity contribution in [1.29, 1.82) is 0 Å². The fraction of sp³-hybridized carbons (Fsp3) is 0.435. The topological polar surface area (TPSA) is 82.1 Å². The fourth-order valence-electron chi connectivity index (χ4n) is 2.93. The van der Waals surface area contributed by atoms with Crippen LogP contribution >= 0.6 is 0 Å². The highest BCUT2D eigenvalue weighted by Crippen LogP contribution is 2.18. The molecule has 0 aliphatic rings. The molecule has 2 aromatic rings. The van der Waals surface area contributed by atoms with Crippen LogP contribution in [0, 0.1) is 0 Å². The lowest BCUT2D eigenvalue weighted by Crippen LogP contribution is -2.28. The van der Waals surface area contributed by atoms with Crippen LogP contribution in [0.3, 0.4) is 0 Å². The number of anilines is 1. The average Bonchev–Trinajstić information content (AvgIpc) is 2.74. The summed E-state index contributed by atoms with van der Waals surface area (Å²) in [7, 11) is -1.74. The molecule has 0 aromatic heterocycles. The highest BCUT2D eigenvalue weighted by molar-refractivity contribution is 7.92. The van der Waals surface area contributed by atoms with E-state index in [0.717, 1.165) is 16.9 Å². The molecule has 0 saturated heterocycles. The van der Waals surface area contributed by atoms with Crippen molar-refractivity contribution >= 4 is 21.7 Å². The third-order valence-corrected chi connectivity index (χ3v) is 5.92. The first-order valence-corrected chi connectivity index (χ1v) is 12.1. The first-order chi connectivity index (χ1) is 14.7. The molecule has 7 nitrogen and oxygen atoms in total. The van der Waals surface area contributed by atoms with E-state index in [9.17, 15) is 13.2 Å². The van der Waals surface area contributed by atoms with Gasteiger partial charge < -0.3 is 14.2 Å². The summed E-state index contributed by atoms with van der Waals surface area (Å²) in [6, 6.07) is 14.9. The summed E-state index contributed by atoms with van der Waals surface area (Å²) in [6.07, 6.45) is 1.70. The van der Waals surface area contributed by atoms with Gasteiger partial charge in [-0.25, -0.2) is 13.2 Å². The van der Waals surface area contributed by atoms with Crippen LogP contribution in [-0.2, 0) is 37.1 Å². The number of esters is 1. The zero-order valence-electron chi connectivity index (χ0n) is 18.5. The molecule has 31 heavy (non-hydrogen) atoms. The number of carbonyl (C=O) groups is 1. The van der Waals surface area contributed by atoms with E-state index in [0.29, 0.717) is 38.3 Å². The highest BCUT2D eigenvalue weighted by Gasteiger charge is 2.20. The van der Waals surface area contributed by atoms with Gasteiger partial charge in [-0.3, -0.25) is 4.31 Å². The lowest BCUT2D eigenvalue weighted by atomic mass is 10.1. The van der Waals surface area contributed by atoms with Gasteiger partial charge in [0.05, 0.1) is 25.2 Å². The van der Waals surface area contributed by atoms with Crippen LogP contribution in [-0.4, -0.2) is 53.6 Å². The number of rotatable bonds is 12. The van der Waals surface area contributed by atoms with Gasteiger partial charge in [0.2, 0.25) is 10.0 Å². The van der Waals surface area contributed by atoms with Crippen LogP contribution in [0.25, 0.3) is 0 Å². The van der Waals surface area contributed by atoms with Crippen molar-refractivity contribution < 1.29 is 27.4 Å². The van der Waals surface area contributed by atoms with Crippen molar-refractivity contribution in [3.8, 4) is 5.75 Å². The van der Waals surface area contributed by atoms with Gasteiger partial charge in [0.25, 0.3) is 0 Å². The maximum atomic E-state index is 12.0. The smallest absolute Gasteiger partial charge is 0.335 e. The van der Waals surface area contributed by atoms with E-state index < -0.39 is 16.1 Å². The Hall–Kier alpha value is -2.58. The number of hydrogen-bond donors (Lipinski definition) is 0. The van der Waals surface area contributed by atoms with Gasteiger partial charge >= 0.3 is 5.97 Å². The molecule has 0 amide bonds. The molecular formula is C23H31NO6S. The molecule has 2 aromatic carbocycles. The summed E-state index contributed by atoms with van der Waals surface area (Å²) in [5.74, 6) is 0.389. The molecule has 170 valence electrons. The number of sulfonamides is 1. The summed E-state index contributed by atoms with van der Waals surface area (Å²) < 4.78 is 40.8. The monoisotopic (exact) mass is 449 g/mol. The van der Waals surface area contributed by atoms with Crippen molar-refractivity contribution in [2.45, 2.75) is 32.8 Å². The molecule has 0 fully saturated rings. The predicted molar refractivity (Wildman–Crippen MR) is 121 cm³/mol. The third kappa shape index (κ3) is 7.88. The molecule has 8 heteroatoms. The average molecular weight is 450 g/mol. The van der Waals surface area contributed by atoms with E-state index in [1.54, 1.807) is 19.1 Å². The molecule has 0 aliphatic heterocycles. The zero-order chi connectivity index (χ0) is 22.9. The van der Waals surface area contributed by atoms with E-state index in [2.05, 4.69) is 0 Å². The van der Waals surface area contributed by atoms with Crippen molar-refractivity contribution in [3.05, 3.63) is 59.7 Å². The Morgan fingerprint density at radius 3 is 2.13 bits per heavy atom. The van der Waals surface area contributed by atoms with Gasteiger partial charge in [0.1, 0.15) is 5.75 Å². The normalized spacial score (nSPS) is 12.3. The Morgan fingerprint density at radius 2 is 1.58 bits per heavy atom. The minimum atomic E-state index is -3.27. The molecule has 0 heterocycles. The Kier molecular flexibility index (Phi) is 9.33. The lowest BCUT2D eigenvalue weighted by Gasteiger charge is -2.17. The first-order valence-electron chi connectivity index (χ1n) is 10.3. The number of carbonyl (C=O) groups excluding carboxylic acids is 1. The SMILES string of the molecule is CCOC(=O)[C@H](Cc1ccc(OCCc2ccc(N(C)S(C)(=O)=O)cc2)cc1)OCC. The van der Waals surface area contributed by atoms with Gasteiger partial charge in [-0.05, 0) is 49.2 Å². The molecule has 0 unspecified atom stereocenters. The summed E-state index contributed by atoms with van der Waals surface area (Å²) in [4.78, 5) is 12.0. The summed E-state index contributed by atoms with van der Waals surface area (Å²) >= 11 is 0. The van der Waals surface area contributed by atoms with Gasteiger partial charge in [-0.2, -0.15) is 0 Å². The van der Waals surface area contributed by atoms with E-state index in [4.69, 9.17) is 14.2 Å². The maximum Gasteiger partial charge on any atom is 0.335 e. The molecule has 0 bridgehead atoms. The van der Waals surface area contributed by atoms with E-state index in [-0.39, 0.29) is 5.97 Å². The molecule has 1 atom stereocenters. The second-order valence-electron chi connectivity index (χ2n) is 7.04. The molecule has 0 saturated carbocycles. The standard InChI is InChI=1S/C23H31NO6S/c1-5-28-22(23(25)29-6-2)17-19-9-13-21(14-10-19)30-16-15-18-7-11-20(12-8-18)24(3)31(4,26)27/h7-14,22H,5-6,15-17H2,1-4H3/t22-/m0/s1. The summed E-state index contributed by atoms with van der Waals surface area (Å²) in [5.41, 5.74) is 2.64. The maximum absolute atomic E-state index is 12.0. The second kappa shape index (κ2) is 11.7. The van der Waals surface area contributed by atoms with Gasteiger partial charge in [-0.1, -0.05) is 24.3 Å². The Bertz CT molecular complexity index is 926. The largest absolute Gasteiger partial charge is 0.493 e. The number of nitrogens with zero attached hydrogens (tertiary/aromatic N) is 1. The van der Waals surface area contributed by atoms with Gasteiger partial charge in [0, 0.05) is 26.5 Å². The predicted octanol–water partition coefficient (Wildman–Crippen LogP) is 3.21. The summed E-state index contributed by atoms with van der Waals surface area (Å²) in [6.45, 7) is 4.88. The van der Waals surface area contributed by atoms with Crippen LogP contribution in [0.15, 0.2) is 48.5 Å². The Labute approximate surface area is 185 Å². The minimum Gasteiger partial charge on any atom is -0.493 e. The van der Waals surface area contributed by atoms with E-state index >= 15 is 0 Å². The van der Waals surface area contributed by atoms with Crippen LogP contribution in [0.2, 0.25) is 0 Å². The Morgan fingerprint density at radius 1 is 0.968 bits per heavy atom. The van der Waals surface area contributed by atoms with Crippen molar-refractivity contribution in [1.82, 2.24) is 0 Å². The van der Waals surface area contributed by atoms with Gasteiger partial charge in [0.15, 0.2) is 6.10 Å². The molecule has 0 spiro atoms. The van der Waals surface area contributed by atoms with Crippen LogP contribution in [0.4, 0.5) is 5.69 Å². The van der Waals surface area contributed by atoms with Crippen molar-refractivity contribution in [2.24, 2.45) is 0 Å². The summed E-state index contributed by atoms with van der Waals surface area (Å²) in [5, 5.41) is 0. The van der Waals surface area contributed by atoms with Crippen LogP contribution < -0.4 is 9.04 Å². The lowest BCUT2D eigenvalue weighted by molar-refractivity contribution is -0.156. The van der Waals surface area contributed by atoms with Crippen molar-refractivity contribution in [3.63, 3.8) is 0 Å². The van der Waals surface area contributed by atoms with E-state index in [1.807, 2.05) is 43.3 Å².